The minimum absolute atomic E-state index is 0.503. The van der Waals surface area contributed by atoms with Gasteiger partial charge in [0, 0.05) is 31.9 Å². The van der Waals surface area contributed by atoms with Gasteiger partial charge in [0.05, 0.1) is 0 Å². The zero-order valence-corrected chi connectivity index (χ0v) is 13.9. The Bertz CT molecular complexity index is 756. The topological polar surface area (TPSA) is 43.2 Å². The first-order valence-corrected chi connectivity index (χ1v) is 8.78. The number of fused-ring (bicyclic) bond motifs is 1. The van der Waals surface area contributed by atoms with Gasteiger partial charge in [-0.2, -0.15) is 5.26 Å². The van der Waals surface area contributed by atoms with Gasteiger partial charge in [-0.05, 0) is 48.9 Å². The molecule has 4 nitrogen and oxygen atoms in total. The number of nitriles is 1. The van der Waals surface area contributed by atoms with E-state index in [4.69, 9.17) is 5.26 Å². The van der Waals surface area contributed by atoms with E-state index in [9.17, 15) is 0 Å². The maximum Gasteiger partial charge on any atom is 0.142 e. The van der Waals surface area contributed by atoms with Crippen LogP contribution in [0.4, 0.5) is 11.5 Å². The Morgan fingerprint density at radius 1 is 1.04 bits per heavy atom. The number of hydrogen-bond donors (Lipinski definition) is 0. The van der Waals surface area contributed by atoms with Crippen molar-refractivity contribution in [2.45, 2.75) is 19.3 Å². The van der Waals surface area contributed by atoms with Crippen LogP contribution >= 0.6 is 0 Å². The molecule has 0 unspecified atom stereocenters. The van der Waals surface area contributed by atoms with Gasteiger partial charge >= 0.3 is 0 Å². The van der Waals surface area contributed by atoms with Crippen LogP contribution in [0, 0.1) is 17.2 Å². The average molecular weight is 318 g/mol. The molecule has 0 radical (unpaired) electrons. The van der Waals surface area contributed by atoms with Crippen molar-refractivity contribution in [3.05, 3.63) is 53.7 Å². The lowest BCUT2D eigenvalue weighted by molar-refractivity contribution is 0.404. The Hall–Kier alpha value is -2.54. The standard InChI is InChI=1S/C20H22N4/c21-14-18-5-3-7-20(22-18)23-11-8-16(9-12-23)15-24-13-10-17-4-1-2-6-19(17)24/h1-7,16H,8-13,15H2. The quantitative estimate of drug-likeness (QED) is 0.871. The summed E-state index contributed by atoms with van der Waals surface area (Å²) in [5, 5.41) is 9.01. The molecule has 0 aliphatic carbocycles. The van der Waals surface area contributed by atoms with Gasteiger partial charge in [-0.25, -0.2) is 4.98 Å². The van der Waals surface area contributed by atoms with Gasteiger partial charge in [-0.1, -0.05) is 24.3 Å². The fourth-order valence-electron chi connectivity index (χ4n) is 3.91. The van der Waals surface area contributed by atoms with E-state index in [1.54, 1.807) is 6.07 Å². The third-order valence-corrected chi connectivity index (χ3v) is 5.25. The second-order valence-corrected chi connectivity index (χ2v) is 6.75. The van der Waals surface area contributed by atoms with Crippen LogP contribution in [-0.4, -0.2) is 31.2 Å². The molecule has 1 aromatic heterocycles. The minimum Gasteiger partial charge on any atom is -0.371 e. The van der Waals surface area contributed by atoms with Crippen molar-refractivity contribution in [3.63, 3.8) is 0 Å². The summed E-state index contributed by atoms with van der Waals surface area (Å²) in [7, 11) is 0. The summed E-state index contributed by atoms with van der Waals surface area (Å²) in [5.74, 6) is 1.69. The van der Waals surface area contributed by atoms with Crippen molar-refractivity contribution in [1.82, 2.24) is 4.98 Å². The van der Waals surface area contributed by atoms with Crippen molar-refractivity contribution < 1.29 is 0 Å². The molecule has 24 heavy (non-hydrogen) atoms. The number of aromatic nitrogens is 1. The summed E-state index contributed by atoms with van der Waals surface area (Å²) in [6, 6.07) is 16.6. The van der Waals surface area contributed by atoms with E-state index in [1.165, 1.54) is 30.5 Å². The van der Waals surface area contributed by atoms with E-state index in [0.29, 0.717) is 5.69 Å². The molecule has 1 aromatic carbocycles. The van der Waals surface area contributed by atoms with Crippen LogP contribution in [0.2, 0.25) is 0 Å². The fraction of sp³-hybridized carbons (Fsp3) is 0.400. The van der Waals surface area contributed by atoms with Crippen LogP contribution in [0.3, 0.4) is 0 Å². The lowest BCUT2D eigenvalue weighted by atomic mass is 9.96. The molecule has 0 N–H and O–H groups in total. The smallest absolute Gasteiger partial charge is 0.142 e. The van der Waals surface area contributed by atoms with Gasteiger partial charge in [0.15, 0.2) is 0 Å². The SMILES string of the molecule is N#Cc1cccc(N2CCC(CN3CCc4ccccc43)CC2)n1. The van der Waals surface area contributed by atoms with E-state index in [0.717, 1.165) is 37.9 Å². The van der Waals surface area contributed by atoms with Gasteiger partial charge in [-0.3, -0.25) is 0 Å². The Balaban J connectivity index is 1.36. The predicted molar refractivity (Wildman–Crippen MR) is 96.2 cm³/mol. The van der Waals surface area contributed by atoms with Crippen LogP contribution in [-0.2, 0) is 6.42 Å². The van der Waals surface area contributed by atoms with Gasteiger partial charge < -0.3 is 9.80 Å². The Labute approximate surface area is 143 Å². The molecule has 1 saturated heterocycles. The molecule has 122 valence electrons. The van der Waals surface area contributed by atoms with Gasteiger partial charge in [0.2, 0.25) is 0 Å². The number of benzene rings is 1. The number of para-hydroxylation sites is 1. The Morgan fingerprint density at radius 2 is 1.88 bits per heavy atom. The van der Waals surface area contributed by atoms with E-state index >= 15 is 0 Å². The highest BCUT2D eigenvalue weighted by Crippen LogP contribution is 2.30. The highest BCUT2D eigenvalue weighted by atomic mass is 15.2. The second-order valence-electron chi connectivity index (χ2n) is 6.75. The van der Waals surface area contributed by atoms with Crippen LogP contribution in [0.5, 0.6) is 0 Å². The van der Waals surface area contributed by atoms with Crippen molar-refractivity contribution in [2.24, 2.45) is 5.92 Å². The normalized spacial score (nSPS) is 17.6. The maximum atomic E-state index is 9.01. The van der Waals surface area contributed by atoms with Crippen LogP contribution in [0.1, 0.15) is 24.1 Å². The summed E-state index contributed by atoms with van der Waals surface area (Å²) in [5.41, 5.74) is 3.43. The predicted octanol–water partition coefficient (Wildman–Crippen LogP) is 3.23. The Kier molecular flexibility index (Phi) is 4.08. The molecule has 0 spiro atoms. The first kappa shape index (κ1) is 15.0. The van der Waals surface area contributed by atoms with Gasteiger partial charge in [-0.15, -0.1) is 0 Å². The second kappa shape index (κ2) is 6.52. The van der Waals surface area contributed by atoms with E-state index in [2.05, 4.69) is 45.1 Å². The number of rotatable bonds is 3. The van der Waals surface area contributed by atoms with Gasteiger partial charge in [0.25, 0.3) is 0 Å². The van der Waals surface area contributed by atoms with Crippen molar-refractivity contribution >= 4 is 11.5 Å². The monoisotopic (exact) mass is 318 g/mol. The van der Waals surface area contributed by atoms with Gasteiger partial charge in [0.1, 0.15) is 17.6 Å². The number of piperidine rings is 1. The summed E-state index contributed by atoms with van der Waals surface area (Å²) >= 11 is 0. The molecule has 0 atom stereocenters. The summed E-state index contributed by atoms with van der Waals surface area (Å²) in [6.07, 6.45) is 3.56. The highest BCUT2D eigenvalue weighted by molar-refractivity contribution is 5.57. The zero-order valence-electron chi connectivity index (χ0n) is 13.9. The number of anilines is 2. The first-order valence-electron chi connectivity index (χ1n) is 8.78. The van der Waals surface area contributed by atoms with Crippen molar-refractivity contribution in [1.29, 1.82) is 5.26 Å². The molecule has 3 heterocycles. The van der Waals surface area contributed by atoms with Crippen molar-refractivity contribution in [2.75, 3.05) is 36.0 Å². The largest absolute Gasteiger partial charge is 0.371 e. The minimum atomic E-state index is 0.503. The number of nitrogens with zero attached hydrogens (tertiary/aromatic N) is 4. The molecule has 0 amide bonds. The third-order valence-electron chi connectivity index (χ3n) is 5.25. The molecular formula is C20H22N4. The van der Waals surface area contributed by atoms with Crippen LogP contribution in [0.15, 0.2) is 42.5 Å². The molecule has 4 heteroatoms. The maximum absolute atomic E-state index is 9.01. The molecule has 2 aromatic rings. The first-order chi connectivity index (χ1) is 11.8. The van der Waals surface area contributed by atoms with Crippen LogP contribution < -0.4 is 9.80 Å². The van der Waals surface area contributed by atoms with E-state index in [1.807, 2.05) is 12.1 Å². The summed E-state index contributed by atoms with van der Waals surface area (Å²) < 4.78 is 0. The average Bonchev–Trinajstić information content (AvgIpc) is 3.05. The molecule has 1 fully saturated rings. The van der Waals surface area contributed by atoms with Crippen molar-refractivity contribution in [3.8, 4) is 6.07 Å². The van der Waals surface area contributed by atoms with E-state index in [-0.39, 0.29) is 0 Å². The molecular weight excluding hydrogens is 296 g/mol. The molecule has 0 saturated carbocycles. The molecule has 0 bridgehead atoms. The molecule has 2 aliphatic heterocycles. The zero-order chi connectivity index (χ0) is 16.4. The Morgan fingerprint density at radius 3 is 2.71 bits per heavy atom. The number of hydrogen-bond acceptors (Lipinski definition) is 4. The highest BCUT2D eigenvalue weighted by Gasteiger charge is 2.25. The molecule has 4 rings (SSSR count). The lowest BCUT2D eigenvalue weighted by Gasteiger charge is -2.35. The summed E-state index contributed by atoms with van der Waals surface area (Å²) in [4.78, 5) is 9.30. The third kappa shape index (κ3) is 2.94. The molecule has 2 aliphatic rings. The number of pyridine rings is 1. The lowest BCUT2D eigenvalue weighted by Crippen LogP contribution is -2.38. The fourth-order valence-corrected chi connectivity index (χ4v) is 3.91. The summed E-state index contributed by atoms with van der Waals surface area (Å²) in [6.45, 7) is 4.38. The van der Waals surface area contributed by atoms with E-state index < -0.39 is 0 Å². The van der Waals surface area contributed by atoms with Crippen LogP contribution in [0.25, 0.3) is 0 Å².